The van der Waals surface area contributed by atoms with Gasteiger partial charge in [-0.25, -0.2) is 9.55 Å². The van der Waals surface area contributed by atoms with Crippen molar-refractivity contribution in [2.45, 2.75) is 135 Å². The highest BCUT2D eigenvalue weighted by Gasteiger charge is 2.53. The summed E-state index contributed by atoms with van der Waals surface area (Å²) in [6.07, 6.45) is 15.8. The number of aromatic nitrogens is 4. The molecule has 3 N–H and O–H groups in total. The van der Waals surface area contributed by atoms with Crippen LogP contribution in [0.25, 0.3) is 11.2 Å². The van der Waals surface area contributed by atoms with Crippen LogP contribution in [0.5, 0.6) is 5.75 Å². The van der Waals surface area contributed by atoms with Crippen LogP contribution in [-0.2, 0) is 39.3 Å². The number of rotatable bonds is 26. The predicted molar refractivity (Wildman–Crippen MR) is 230 cm³/mol. The number of hydrogen-bond donors (Lipinski definition) is 2. The molecule has 14 nitrogen and oxygen atoms in total. The average Bonchev–Trinajstić information content (AvgIpc) is 3.85. The summed E-state index contributed by atoms with van der Waals surface area (Å²) in [5.41, 5.74) is 5.00. The van der Waals surface area contributed by atoms with Gasteiger partial charge in [0.15, 0.2) is 22.6 Å². The number of benzene rings is 2. The first-order valence-electron chi connectivity index (χ1n) is 21.5. The van der Waals surface area contributed by atoms with Crippen LogP contribution in [0, 0.1) is 24.3 Å². The topological polar surface area (TPSA) is 179 Å². The number of halogens is 1. The molecule has 0 spiro atoms. The van der Waals surface area contributed by atoms with E-state index in [9.17, 15) is 14.0 Å². The van der Waals surface area contributed by atoms with Crippen molar-refractivity contribution in [1.29, 1.82) is 0 Å². The van der Waals surface area contributed by atoms with E-state index in [4.69, 9.17) is 35.4 Å². The van der Waals surface area contributed by atoms with E-state index in [0.29, 0.717) is 6.42 Å². The lowest BCUT2D eigenvalue weighted by Crippen LogP contribution is -2.46. The summed E-state index contributed by atoms with van der Waals surface area (Å²) in [7, 11) is -4.56. The number of imidazole rings is 1. The largest absolute Gasteiger partial charge is 0.464 e. The van der Waals surface area contributed by atoms with Crippen LogP contribution in [0.2, 0.25) is 0 Å². The van der Waals surface area contributed by atoms with Crippen molar-refractivity contribution < 1.29 is 41.8 Å². The number of nitrogens with one attached hydrogen (secondary N) is 1. The highest BCUT2D eigenvalue weighted by molar-refractivity contribution is 7.52. The molecule has 5 atom stereocenters. The molecule has 1 fully saturated rings. The van der Waals surface area contributed by atoms with E-state index >= 15 is 4.57 Å². The van der Waals surface area contributed by atoms with Crippen LogP contribution >= 0.6 is 7.75 Å². The first kappa shape index (κ1) is 47.2. The molecule has 0 amide bonds. The van der Waals surface area contributed by atoms with Gasteiger partial charge in [0.2, 0.25) is 0 Å². The van der Waals surface area contributed by atoms with E-state index in [1.807, 2.05) is 44.2 Å². The lowest BCUT2D eigenvalue weighted by Gasteiger charge is -2.31. The first-order valence-corrected chi connectivity index (χ1v) is 23.0. The molecule has 0 aliphatic carbocycles. The number of nitrogens with two attached hydrogens (primary N) is 1. The molecule has 1 saturated heterocycles. The van der Waals surface area contributed by atoms with Crippen LogP contribution < -0.4 is 15.3 Å². The van der Waals surface area contributed by atoms with Gasteiger partial charge >= 0.3 is 25.8 Å². The number of ether oxygens (including phenoxy) is 3. The van der Waals surface area contributed by atoms with Crippen molar-refractivity contribution in [3.63, 3.8) is 0 Å². The number of nitrogen functional groups attached to an aromatic ring is 1. The summed E-state index contributed by atoms with van der Waals surface area (Å²) >= 11 is 0. The van der Waals surface area contributed by atoms with Crippen molar-refractivity contribution in [1.82, 2.24) is 24.6 Å². The third-order valence-electron chi connectivity index (χ3n) is 10.9. The van der Waals surface area contributed by atoms with Crippen molar-refractivity contribution in [3.8, 4) is 18.1 Å². The van der Waals surface area contributed by atoms with Gasteiger partial charge in [0.05, 0.1) is 12.9 Å². The Labute approximate surface area is 358 Å². The van der Waals surface area contributed by atoms with Crippen molar-refractivity contribution in [2.75, 3.05) is 18.9 Å². The maximum Gasteiger partial charge on any atom is 0.459 e. The minimum absolute atomic E-state index is 0.0268. The lowest BCUT2D eigenvalue weighted by molar-refractivity contribution is -0.158. The van der Waals surface area contributed by atoms with Gasteiger partial charge in [-0.15, -0.1) is 6.42 Å². The molecule has 1 aliphatic heterocycles. The number of nitrogens with zero attached hydrogens (tertiary/aromatic N) is 4. The molecule has 3 heterocycles. The molecule has 0 radical (unpaired) electrons. The normalized spacial score (nSPS) is 19.0. The second-order valence-corrected chi connectivity index (χ2v) is 17.2. The summed E-state index contributed by atoms with van der Waals surface area (Å²) in [6.45, 7) is 5.78. The number of terminal acetylenes is 1. The Kier molecular flexibility index (Phi) is 18.1. The minimum Gasteiger partial charge on any atom is -0.464 e. The Morgan fingerprint density at radius 2 is 1.66 bits per heavy atom. The average molecular weight is 863 g/mol. The molecule has 61 heavy (non-hydrogen) atoms. The minimum atomic E-state index is -4.56. The zero-order chi connectivity index (χ0) is 43.7. The van der Waals surface area contributed by atoms with E-state index in [0.717, 1.165) is 37.7 Å². The van der Waals surface area contributed by atoms with Gasteiger partial charge < -0.3 is 24.5 Å². The standard InChI is InChI=1S/C45H60FN6O8P/c1-5-9-10-11-12-13-14-15-22-27-39(53)58-37-29-38(52-32-48-40-41(47)49-44(46)50-42(40)52)59-45(37,8-4)31-57-61(55,60-35-25-20-17-21-26-35)51-36(28-34-23-18-16-19-24-34)43(54)56-30-33(6-2)7-3/h4,16-21,23-26,32-33,36-38H,5-7,9-15,22,27-31H2,1-3H3,(H,51,55)(H2,47,49,50)/t36?,37-,38+,45+,61-/m0/s1. The fraction of sp³-hybridized carbons (Fsp3) is 0.533. The lowest BCUT2D eigenvalue weighted by atomic mass is 9.98. The number of fused-ring (bicyclic) bond motifs is 1. The molecule has 2 aromatic carbocycles. The number of esters is 2. The Morgan fingerprint density at radius 1 is 1.00 bits per heavy atom. The van der Waals surface area contributed by atoms with Crippen LogP contribution in [0.4, 0.5) is 10.2 Å². The summed E-state index contributed by atoms with van der Waals surface area (Å²) in [6, 6.07) is 16.3. The van der Waals surface area contributed by atoms with Gasteiger partial charge in [0.25, 0.3) is 0 Å². The Bertz CT molecular complexity index is 2080. The number of anilines is 1. The summed E-state index contributed by atoms with van der Waals surface area (Å²) in [5, 5.41) is 2.86. The van der Waals surface area contributed by atoms with Crippen LogP contribution in [0.15, 0.2) is 67.0 Å². The van der Waals surface area contributed by atoms with Gasteiger partial charge in [-0.3, -0.25) is 18.7 Å². The SMILES string of the molecule is C#C[C@]1(CO[P@@](=O)(NC(Cc2ccccc2)C(=O)OCC(CC)CC)Oc2ccccc2)O[C@@H](n2cnc3c(N)nc(F)nc32)C[C@@H]1OC(=O)CCCCCCCCCCC. The maximum absolute atomic E-state index is 15.1. The van der Waals surface area contributed by atoms with Crippen LogP contribution in [0.3, 0.4) is 0 Å². The molecular formula is C45H60FN6O8P. The van der Waals surface area contributed by atoms with Gasteiger partial charge in [0.1, 0.15) is 30.7 Å². The molecular weight excluding hydrogens is 803 g/mol. The van der Waals surface area contributed by atoms with E-state index in [2.05, 4.69) is 32.9 Å². The second-order valence-electron chi connectivity index (χ2n) is 15.5. The van der Waals surface area contributed by atoms with E-state index in [1.54, 1.807) is 30.3 Å². The molecule has 2 aromatic heterocycles. The monoisotopic (exact) mass is 862 g/mol. The molecule has 330 valence electrons. The smallest absolute Gasteiger partial charge is 0.459 e. The molecule has 4 aromatic rings. The third-order valence-corrected chi connectivity index (χ3v) is 12.5. The second kappa shape index (κ2) is 23.4. The molecule has 1 unspecified atom stereocenters. The van der Waals surface area contributed by atoms with Gasteiger partial charge in [-0.05, 0) is 36.5 Å². The number of unbranched alkanes of at least 4 members (excludes halogenated alkanes) is 8. The Balaban J connectivity index is 1.41. The number of carbonyl (C=O) groups excluding carboxylic acids is 2. The molecule has 0 saturated carbocycles. The summed E-state index contributed by atoms with van der Waals surface area (Å²) < 4.78 is 61.5. The van der Waals surface area contributed by atoms with Gasteiger partial charge in [-0.1, -0.05) is 139 Å². The molecule has 16 heteroatoms. The maximum atomic E-state index is 15.1. The van der Waals surface area contributed by atoms with Gasteiger partial charge in [-0.2, -0.15) is 19.4 Å². The Morgan fingerprint density at radius 3 is 2.31 bits per heavy atom. The number of hydrogen-bond acceptors (Lipinski definition) is 12. The fourth-order valence-corrected chi connectivity index (χ4v) is 8.73. The van der Waals surface area contributed by atoms with E-state index < -0.39 is 56.3 Å². The zero-order valence-corrected chi connectivity index (χ0v) is 36.4. The zero-order valence-electron chi connectivity index (χ0n) is 35.5. The molecule has 0 bridgehead atoms. The van der Waals surface area contributed by atoms with Gasteiger partial charge in [0, 0.05) is 12.8 Å². The van der Waals surface area contributed by atoms with Crippen molar-refractivity contribution in [3.05, 3.63) is 78.6 Å². The van der Waals surface area contributed by atoms with Crippen molar-refractivity contribution in [2.24, 2.45) is 5.92 Å². The third kappa shape index (κ3) is 13.6. The van der Waals surface area contributed by atoms with Crippen LogP contribution in [0.1, 0.15) is 116 Å². The highest BCUT2D eigenvalue weighted by atomic mass is 31.2. The fourth-order valence-electron chi connectivity index (χ4n) is 7.21. The molecule has 1 aliphatic rings. The number of para-hydroxylation sites is 1. The summed E-state index contributed by atoms with van der Waals surface area (Å²) in [5.74, 6) is 1.60. The summed E-state index contributed by atoms with van der Waals surface area (Å²) in [4.78, 5) is 39.0. The van der Waals surface area contributed by atoms with Crippen LogP contribution in [-0.4, -0.2) is 62.4 Å². The van der Waals surface area contributed by atoms with E-state index in [-0.39, 0.29) is 54.5 Å². The predicted octanol–water partition coefficient (Wildman–Crippen LogP) is 9.06. The quantitative estimate of drug-likeness (QED) is 0.0201. The number of carbonyl (C=O) groups is 2. The van der Waals surface area contributed by atoms with Crippen molar-refractivity contribution >= 4 is 36.7 Å². The van der Waals surface area contributed by atoms with E-state index in [1.165, 1.54) is 43.0 Å². The highest BCUT2D eigenvalue weighted by Crippen LogP contribution is 2.49. The first-order chi connectivity index (χ1) is 29.5. The Hall–Kier alpha value is -4.87. The molecule has 5 rings (SSSR count).